The average molecular weight is 563 g/mol. The van der Waals surface area contributed by atoms with Crippen molar-refractivity contribution >= 4 is 40.3 Å². The molecule has 1 saturated carbocycles. The van der Waals surface area contributed by atoms with E-state index in [-0.39, 0.29) is 30.4 Å². The minimum Gasteiger partial charge on any atom is -0.466 e. The molecule has 3 aromatic rings. The summed E-state index contributed by atoms with van der Waals surface area (Å²) in [6.07, 6.45) is 6.01. The van der Waals surface area contributed by atoms with Crippen LogP contribution in [0.5, 0.6) is 0 Å². The Labute approximate surface area is 242 Å². The molecule has 4 rings (SSSR count). The van der Waals surface area contributed by atoms with Gasteiger partial charge >= 0.3 is 12.0 Å². The molecule has 9 nitrogen and oxygen atoms in total. The molecule has 1 atom stereocenters. The lowest BCUT2D eigenvalue weighted by Gasteiger charge is -2.31. The van der Waals surface area contributed by atoms with Gasteiger partial charge in [-0.3, -0.25) is 9.59 Å². The highest BCUT2D eigenvalue weighted by Gasteiger charge is 2.30. The molecular formula is C32H42N4O5. The molecule has 1 aliphatic carbocycles. The monoisotopic (exact) mass is 562 g/mol. The lowest BCUT2D eigenvalue weighted by Crippen LogP contribution is -2.29. The van der Waals surface area contributed by atoms with E-state index in [1.54, 1.807) is 14.0 Å². The van der Waals surface area contributed by atoms with Gasteiger partial charge in [0, 0.05) is 48.0 Å². The SMILES string of the molecule is CCNC(=O)Nc1ccc2oc(C(Nc3ccc(C(=O)N(C)CCC(=O)OCC)cc3)C3CCCCC3)c(C)c2c1. The third-order valence-electron chi connectivity index (χ3n) is 7.73. The number of hydrogen-bond acceptors (Lipinski definition) is 6. The standard InChI is InChI=1S/C32H42N4O5/c1-5-33-32(39)35-25-16-17-27-26(20-25)21(3)30(41-27)29(22-10-8-7-9-11-22)34-24-14-12-23(13-15-24)31(38)36(4)19-18-28(37)40-6-2/h12-17,20,22,29,34H,5-11,18-19H2,1-4H3,(H2,33,35,39). The van der Waals surface area contributed by atoms with Crippen LogP contribution in [0.4, 0.5) is 16.2 Å². The van der Waals surface area contributed by atoms with Crippen LogP contribution in [0, 0.1) is 12.8 Å². The number of fused-ring (bicyclic) bond motifs is 1. The van der Waals surface area contributed by atoms with E-state index in [1.165, 1.54) is 24.2 Å². The van der Waals surface area contributed by atoms with Crippen molar-refractivity contribution in [2.24, 2.45) is 5.92 Å². The van der Waals surface area contributed by atoms with Gasteiger partial charge < -0.3 is 30.0 Å². The number of carbonyl (C=O) groups excluding carboxylic acids is 3. The fourth-order valence-electron chi connectivity index (χ4n) is 5.52. The first kappa shape index (κ1) is 30.0. The van der Waals surface area contributed by atoms with Crippen LogP contribution in [0.1, 0.15) is 80.1 Å². The smallest absolute Gasteiger partial charge is 0.319 e. The second kappa shape index (κ2) is 14.1. The molecule has 3 N–H and O–H groups in total. The zero-order valence-corrected chi connectivity index (χ0v) is 24.5. The van der Waals surface area contributed by atoms with E-state index in [0.29, 0.717) is 36.9 Å². The minimum atomic E-state index is -0.309. The first-order valence-corrected chi connectivity index (χ1v) is 14.7. The Balaban J connectivity index is 1.53. The molecule has 220 valence electrons. The van der Waals surface area contributed by atoms with Gasteiger partial charge in [-0.2, -0.15) is 0 Å². The minimum absolute atomic E-state index is 0.0312. The summed E-state index contributed by atoms with van der Waals surface area (Å²) in [6.45, 7) is 6.90. The number of amides is 3. The molecule has 0 saturated heterocycles. The Morgan fingerprint density at radius 1 is 1.02 bits per heavy atom. The summed E-state index contributed by atoms with van der Waals surface area (Å²) in [4.78, 5) is 38.2. The fourth-order valence-corrected chi connectivity index (χ4v) is 5.52. The lowest BCUT2D eigenvalue weighted by atomic mass is 9.82. The largest absolute Gasteiger partial charge is 0.466 e. The van der Waals surface area contributed by atoms with Crippen LogP contribution >= 0.6 is 0 Å². The van der Waals surface area contributed by atoms with Crippen LogP contribution in [0.2, 0.25) is 0 Å². The number of nitrogens with zero attached hydrogens (tertiary/aromatic N) is 1. The highest BCUT2D eigenvalue weighted by molar-refractivity contribution is 5.95. The molecule has 1 fully saturated rings. The van der Waals surface area contributed by atoms with Gasteiger partial charge in [0.25, 0.3) is 5.91 Å². The second-order valence-corrected chi connectivity index (χ2v) is 10.7. The van der Waals surface area contributed by atoms with Crippen molar-refractivity contribution in [2.45, 2.75) is 65.3 Å². The molecule has 1 aliphatic rings. The zero-order valence-electron chi connectivity index (χ0n) is 24.5. The first-order chi connectivity index (χ1) is 19.8. The van der Waals surface area contributed by atoms with Crippen molar-refractivity contribution in [3.05, 3.63) is 59.4 Å². The average Bonchev–Trinajstić information content (AvgIpc) is 3.30. The molecule has 1 unspecified atom stereocenters. The van der Waals surface area contributed by atoms with Crippen LogP contribution < -0.4 is 16.0 Å². The third-order valence-corrected chi connectivity index (χ3v) is 7.73. The molecule has 9 heteroatoms. The van der Waals surface area contributed by atoms with Crippen molar-refractivity contribution in [1.82, 2.24) is 10.2 Å². The molecule has 1 aromatic heterocycles. The highest BCUT2D eigenvalue weighted by atomic mass is 16.5. The first-order valence-electron chi connectivity index (χ1n) is 14.7. The number of nitrogens with one attached hydrogen (secondary N) is 3. The molecule has 1 heterocycles. The van der Waals surface area contributed by atoms with Gasteiger partial charge in [0.1, 0.15) is 11.3 Å². The van der Waals surface area contributed by atoms with Crippen LogP contribution in [-0.2, 0) is 9.53 Å². The number of furan rings is 1. The number of anilines is 2. The number of aryl methyl sites for hydroxylation is 1. The number of carbonyl (C=O) groups is 3. The molecule has 41 heavy (non-hydrogen) atoms. The molecule has 3 amide bonds. The summed E-state index contributed by atoms with van der Waals surface area (Å²) < 4.78 is 11.4. The van der Waals surface area contributed by atoms with E-state index >= 15 is 0 Å². The predicted molar refractivity (Wildman–Crippen MR) is 161 cm³/mol. The molecule has 0 aliphatic heterocycles. The van der Waals surface area contributed by atoms with Gasteiger partial charge in [0.05, 0.1) is 19.1 Å². The molecular weight excluding hydrogens is 520 g/mol. The predicted octanol–water partition coefficient (Wildman–Crippen LogP) is 6.64. The summed E-state index contributed by atoms with van der Waals surface area (Å²) in [6, 6.07) is 12.9. The maximum absolute atomic E-state index is 12.9. The quantitative estimate of drug-likeness (QED) is 0.226. The summed E-state index contributed by atoms with van der Waals surface area (Å²) >= 11 is 0. The van der Waals surface area contributed by atoms with E-state index in [9.17, 15) is 14.4 Å². The van der Waals surface area contributed by atoms with Gasteiger partial charge in [-0.15, -0.1) is 0 Å². The molecule has 0 bridgehead atoms. The number of benzene rings is 2. The Morgan fingerprint density at radius 2 is 1.73 bits per heavy atom. The Morgan fingerprint density at radius 3 is 2.41 bits per heavy atom. The van der Waals surface area contributed by atoms with E-state index in [2.05, 4.69) is 22.9 Å². The van der Waals surface area contributed by atoms with Crippen LogP contribution in [0.25, 0.3) is 11.0 Å². The van der Waals surface area contributed by atoms with Crippen molar-refractivity contribution in [3.63, 3.8) is 0 Å². The normalized spacial score (nSPS) is 14.3. The summed E-state index contributed by atoms with van der Waals surface area (Å²) in [5.74, 6) is 0.859. The van der Waals surface area contributed by atoms with Gasteiger partial charge in [-0.05, 0) is 82.0 Å². The van der Waals surface area contributed by atoms with Gasteiger partial charge in [0.2, 0.25) is 0 Å². The Bertz CT molecular complexity index is 1340. The lowest BCUT2D eigenvalue weighted by molar-refractivity contribution is -0.143. The fraction of sp³-hybridized carbons (Fsp3) is 0.469. The molecule has 0 spiro atoms. The van der Waals surface area contributed by atoms with Gasteiger partial charge in [-0.25, -0.2) is 4.79 Å². The second-order valence-electron chi connectivity index (χ2n) is 10.7. The number of rotatable bonds is 11. The number of ether oxygens (including phenoxy) is 1. The van der Waals surface area contributed by atoms with E-state index in [0.717, 1.165) is 40.8 Å². The van der Waals surface area contributed by atoms with Crippen molar-refractivity contribution in [1.29, 1.82) is 0 Å². The zero-order chi connectivity index (χ0) is 29.4. The van der Waals surface area contributed by atoms with Crippen LogP contribution in [0.15, 0.2) is 46.9 Å². The topological polar surface area (TPSA) is 113 Å². The maximum atomic E-state index is 12.9. The van der Waals surface area contributed by atoms with Crippen molar-refractivity contribution in [3.8, 4) is 0 Å². The van der Waals surface area contributed by atoms with Crippen molar-refractivity contribution < 1.29 is 23.5 Å². The van der Waals surface area contributed by atoms with E-state index in [1.807, 2.05) is 49.4 Å². The van der Waals surface area contributed by atoms with Crippen molar-refractivity contribution in [2.75, 3.05) is 37.4 Å². The van der Waals surface area contributed by atoms with E-state index < -0.39 is 0 Å². The number of hydrogen-bond donors (Lipinski definition) is 3. The third kappa shape index (κ3) is 7.60. The summed E-state index contributed by atoms with van der Waals surface area (Å²) in [7, 11) is 1.69. The van der Waals surface area contributed by atoms with Gasteiger partial charge in [0.15, 0.2) is 0 Å². The van der Waals surface area contributed by atoms with Crippen LogP contribution in [-0.4, -0.2) is 49.6 Å². The number of urea groups is 1. The Kier molecular flexibility index (Phi) is 10.3. The van der Waals surface area contributed by atoms with Crippen LogP contribution in [0.3, 0.4) is 0 Å². The highest BCUT2D eigenvalue weighted by Crippen LogP contribution is 2.41. The molecule has 0 radical (unpaired) electrons. The van der Waals surface area contributed by atoms with Gasteiger partial charge in [-0.1, -0.05) is 19.3 Å². The maximum Gasteiger partial charge on any atom is 0.319 e. The molecule has 2 aromatic carbocycles. The summed E-state index contributed by atoms with van der Waals surface area (Å²) in [5, 5.41) is 10.3. The number of esters is 1. The summed E-state index contributed by atoms with van der Waals surface area (Å²) in [5.41, 5.74) is 4.02. The Hall–Kier alpha value is -4.01. The van der Waals surface area contributed by atoms with E-state index in [4.69, 9.17) is 9.15 Å².